The van der Waals surface area contributed by atoms with Gasteiger partial charge in [0.25, 0.3) is 0 Å². The van der Waals surface area contributed by atoms with Gasteiger partial charge >= 0.3 is 0 Å². The first-order valence-corrected chi connectivity index (χ1v) is 7.69. The number of rotatable bonds is 5. The van der Waals surface area contributed by atoms with Crippen molar-refractivity contribution in [2.45, 2.75) is 57.3 Å². The highest BCUT2D eigenvalue weighted by molar-refractivity contribution is 6.32. The molecule has 0 bridgehead atoms. The minimum absolute atomic E-state index is 0.138. The van der Waals surface area contributed by atoms with Crippen LogP contribution < -0.4 is 10.5 Å². The van der Waals surface area contributed by atoms with Crippen LogP contribution in [-0.4, -0.2) is 25.4 Å². The summed E-state index contributed by atoms with van der Waals surface area (Å²) >= 11 is 6.31. The SMILES string of the molecule is COC1CCCC(Oc2ccc(CC(C)N)cc2Cl)C1. The minimum atomic E-state index is 0.138. The van der Waals surface area contributed by atoms with Gasteiger partial charge in [-0.05, 0) is 50.3 Å². The van der Waals surface area contributed by atoms with Crippen molar-refractivity contribution in [2.75, 3.05) is 7.11 Å². The lowest BCUT2D eigenvalue weighted by Gasteiger charge is -2.29. The molecule has 1 aromatic carbocycles. The average Bonchev–Trinajstić information content (AvgIpc) is 2.41. The molecule has 4 heteroatoms. The van der Waals surface area contributed by atoms with Crippen LogP contribution in [0.25, 0.3) is 0 Å². The molecule has 0 heterocycles. The molecule has 0 saturated heterocycles. The van der Waals surface area contributed by atoms with Crippen molar-refractivity contribution >= 4 is 11.6 Å². The number of hydrogen-bond acceptors (Lipinski definition) is 3. The Balaban J connectivity index is 1.98. The molecule has 1 saturated carbocycles. The smallest absolute Gasteiger partial charge is 0.138 e. The fourth-order valence-electron chi connectivity index (χ4n) is 2.74. The van der Waals surface area contributed by atoms with E-state index in [1.807, 2.05) is 25.1 Å². The zero-order chi connectivity index (χ0) is 14.5. The third-order valence-electron chi connectivity index (χ3n) is 3.76. The zero-order valence-corrected chi connectivity index (χ0v) is 13.0. The van der Waals surface area contributed by atoms with E-state index in [-0.39, 0.29) is 12.1 Å². The topological polar surface area (TPSA) is 44.5 Å². The normalized spacial score (nSPS) is 24.4. The summed E-state index contributed by atoms with van der Waals surface area (Å²) in [4.78, 5) is 0. The van der Waals surface area contributed by atoms with E-state index in [0.29, 0.717) is 11.1 Å². The third-order valence-corrected chi connectivity index (χ3v) is 4.05. The van der Waals surface area contributed by atoms with Crippen molar-refractivity contribution in [1.82, 2.24) is 0 Å². The Kier molecular flexibility index (Phi) is 5.70. The highest BCUT2D eigenvalue weighted by Gasteiger charge is 2.23. The summed E-state index contributed by atoms with van der Waals surface area (Å²) in [7, 11) is 1.77. The van der Waals surface area contributed by atoms with Gasteiger partial charge in [0.15, 0.2) is 0 Å². The monoisotopic (exact) mass is 297 g/mol. The van der Waals surface area contributed by atoms with Gasteiger partial charge in [-0.3, -0.25) is 0 Å². The number of ether oxygens (including phenoxy) is 2. The van der Waals surface area contributed by atoms with E-state index in [9.17, 15) is 0 Å². The molecule has 2 rings (SSSR count). The lowest BCUT2D eigenvalue weighted by molar-refractivity contribution is 0.0210. The molecule has 1 fully saturated rings. The summed E-state index contributed by atoms with van der Waals surface area (Å²) in [6.45, 7) is 1.99. The molecule has 1 aromatic rings. The molecule has 3 atom stereocenters. The van der Waals surface area contributed by atoms with Gasteiger partial charge in [0.2, 0.25) is 0 Å². The quantitative estimate of drug-likeness (QED) is 0.903. The lowest BCUT2D eigenvalue weighted by Crippen LogP contribution is -2.29. The Morgan fingerprint density at radius 1 is 1.35 bits per heavy atom. The van der Waals surface area contributed by atoms with Crippen LogP contribution in [0.2, 0.25) is 5.02 Å². The molecular formula is C16H24ClNO2. The summed E-state index contributed by atoms with van der Waals surface area (Å²) < 4.78 is 11.5. The summed E-state index contributed by atoms with van der Waals surface area (Å²) in [6.07, 6.45) is 5.61. The Morgan fingerprint density at radius 2 is 2.10 bits per heavy atom. The second kappa shape index (κ2) is 7.30. The lowest BCUT2D eigenvalue weighted by atomic mass is 9.95. The molecule has 112 valence electrons. The van der Waals surface area contributed by atoms with Crippen molar-refractivity contribution in [2.24, 2.45) is 5.73 Å². The van der Waals surface area contributed by atoms with Crippen LogP contribution >= 0.6 is 11.6 Å². The Bertz CT molecular complexity index is 436. The molecule has 1 aliphatic rings. The van der Waals surface area contributed by atoms with Gasteiger partial charge in [0.1, 0.15) is 11.9 Å². The summed E-state index contributed by atoms with van der Waals surface area (Å²) in [5.74, 6) is 0.766. The van der Waals surface area contributed by atoms with Crippen molar-refractivity contribution in [3.8, 4) is 5.75 Å². The molecule has 0 amide bonds. The fourth-order valence-corrected chi connectivity index (χ4v) is 2.99. The molecule has 0 aliphatic heterocycles. The van der Waals surface area contributed by atoms with Crippen LogP contribution in [0.4, 0.5) is 0 Å². The molecule has 3 unspecified atom stereocenters. The standard InChI is InChI=1S/C16H24ClNO2/c1-11(18)8-12-6-7-16(15(17)9-12)20-14-5-3-4-13(10-14)19-2/h6-7,9,11,13-14H,3-5,8,10,18H2,1-2H3. The van der Waals surface area contributed by atoms with E-state index >= 15 is 0 Å². The molecule has 0 radical (unpaired) electrons. The van der Waals surface area contributed by atoms with Crippen LogP contribution in [0.3, 0.4) is 0 Å². The molecule has 1 aliphatic carbocycles. The predicted molar refractivity (Wildman–Crippen MR) is 82.5 cm³/mol. The number of halogens is 1. The van der Waals surface area contributed by atoms with Crippen molar-refractivity contribution in [1.29, 1.82) is 0 Å². The van der Waals surface area contributed by atoms with E-state index in [4.69, 9.17) is 26.8 Å². The molecular weight excluding hydrogens is 274 g/mol. The first kappa shape index (κ1) is 15.6. The van der Waals surface area contributed by atoms with Gasteiger partial charge in [-0.25, -0.2) is 0 Å². The van der Waals surface area contributed by atoms with Crippen molar-refractivity contribution in [3.63, 3.8) is 0 Å². The number of methoxy groups -OCH3 is 1. The fraction of sp³-hybridized carbons (Fsp3) is 0.625. The van der Waals surface area contributed by atoms with E-state index in [0.717, 1.165) is 43.4 Å². The number of nitrogens with two attached hydrogens (primary N) is 1. The maximum absolute atomic E-state index is 6.31. The van der Waals surface area contributed by atoms with Gasteiger partial charge in [0, 0.05) is 19.6 Å². The highest BCUT2D eigenvalue weighted by atomic mass is 35.5. The van der Waals surface area contributed by atoms with Gasteiger partial charge < -0.3 is 15.2 Å². The molecule has 0 spiro atoms. The molecule has 0 aromatic heterocycles. The largest absolute Gasteiger partial charge is 0.489 e. The van der Waals surface area contributed by atoms with E-state index < -0.39 is 0 Å². The van der Waals surface area contributed by atoms with Gasteiger partial charge in [-0.15, -0.1) is 0 Å². The van der Waals surface area contributed by atoms with Crippen LogP contribution in [0.5, 0.6) is 5.75 Å². The number of hydrogen-bond donors (Lipinski definition) is 1. The highest BCUT2D eigenvalue weighted by Crippen LogP contribution is 2.30. The molecule has 2 N–H and O–H groups in total. The minimum Gasteiger partial charge on any atom is -0.489 e. The van der Waals surface area contributed by atoms with Crippen LogP contribution in [0.15, 0.2) is 18.2 Å². The Labute approximate surface area is 126 Å². The third kappa shape index (κ3) is 4.37. The van der Waals surface area contributed by atoms with Crippen LogP contribution in [-0.2, 0) is 11.2 Å². The maximum atomic E-state index is 6.31. The van der Waals surface area contributed by atoms with E-state index in [1.165, 1.54) is 0 Å². The maximum Gasteiger partial charge on any atom is 0.138 e. The van der Waals surface area contributed by atoms with Crippen LogP contribution in [0, 0.1) is 0 Å². The molecule has 20 heavy (non-hydrogen) atoms. The Morgan fingerprint density at radius 3 is 2.75 bits per heavy atom. The van der Waals surface area contributed by atoms with E-state index in [1.54, 1.807) is 7.11 Å². The van der Waals surface area contributed by atoms with Crippen LogP contribution in [0.1, 0.15) is 38.2 Å². The Hall–Kier alpha value is -0.770. The molecule has 3 nitrogen and oxygen atoms in total. The van der Waals surface area contributed by atoms with Gasteiger partial charge in [-0.1, -0.05) is 17.7 Å². The summed E-state index contributed by atoms with van der Waals surface area (Å²) in [5, 5.41) is 0.669. The summed E-state index contributed by atoms with van der Waals surface area (Å²) in [5.41, 5.74) is 6.95. The first-order chi connectivity index (χ1) is 9.58. The first-order valence-electron chi connectivity index (χ1n) is 7.32. The number of benzene rings is 1. The second-order valence-corrected chi connectivity index (χ2v) is 6.12. The zero-order valence-electron chi connectivity index (χ0n) is 12.3. The van der Waals surface area contributed by atoms with Crippen molar-refractivity contribution in [3.05, 3.63) is 28.8 Å². The second-order valence-electron chi connectivity index (χ2n) is 5.71. The average molecular weight is 298 g/mol. The van der Waals surface area contributed by atoms with Crippen molar-refractivity contribution < 1.29 is 9.47 Å². The van der Waals surface area contributed by atoms with Gasteiger partial charge in [-0.2, -0.15) is 0 Å². The van der Waals surface area contributed by atoms with E-state index in [2.05, 4.69) is 0 Å². The predicted octanol–water partition coefficient (Wildman–Crippen LogP) is 3.57. The summed E-state index contributed by atoms with van der Waals surface area (Å²) in [6, 6.07) is 6.09. The van der Waals surface area contributed by atoms with Gasteiger partial charge in [0.05, 0.1) is 11.1 Å².